The monoisotopic (exact) mass is 1170 g/mol. The van der Waals surface area contributed by atoms with Crippen LogP contribution in [0.15, 0.2) is 60.7 Å². The molecule has 10 N–H and O–H groups in total. The molecule has 0 aromatic heterocycles. The van der Waals surface area contributed by atoms with Crippen LogP contribution in [0.4, 0.5) is 0 Å². The molecule has 0 saturated carbocycles. The lowest BCUT2D eigenvalue weighted by atomic mass is 9.62. The fourth-order valence-corrected chi connectivity index (χ4v) is 13.9. The van der Waals surface area contributed by atoms with Crippen LogP contribution in [0.25, 0.3) is 43.8 Å². The van der Waals surface area contributed by atoms with Gasteiger partial charge in [-0.05, 0) is 109 Å². The lowest BCUT2D eigenvalue weighted by Gasteiger charge is -2.40. The number of aliphatic hydroxyl groups is 4. The van der Waals surface area contributed by atoms with Crippen molar-refractivity contribution >= 4 is 44.7 Å². The van der Waals surface area contributed by atoms with E-state index in [2.05, 4.69) is 0 Å². The largest absolute Gasteiger partial charge is 0.507 e. The van der Waals surface area contributed by atoms with E-state index in [9.17, 15) is 60.7 Å². The zero-order valence-electron chi connectivity index (χ0n) is 48.1. The van der Waals surface area contributed by atoms with Gasteiger partial charge in [-0.2, -0.15) is 0 Å². The van der Waals surface area contributed by atoms with Crippen molar-refractivity contribution in [1.29, 1.82) is 0 Å². The van der Waals surface area contributed by atoms with E-state index < -0.39 is 128 Å². The van der Waals surface area contributed by atoms with E-state index in [-0.39, 0.29) is 123 Å². The Hall–Kier alpha value is -9.60. The van der Waals surface area contributed by atoms with Crippen LogP contribution in [0.1, 0.15) is 123 Å². The first-order valence-electron chi connectivity index (χ1n) is 27.1. The molecule has 20 heteroatoms. The molecule has 0 spiro atoms. The molecular weight excluding hydrogens is 1110 g/mol. The quantitative estimate of drug-likeness (QED) is 0.0654. The van der Waals surface area contributed by atoms with E-state index in [4.69, 9.17) is 28.4 Å². The molecule has 442 valence electrons. The highest BCUT2D eigenvalue weighted by molar-refractivity contribution is 6.23. The van der Waals surface area contributed by atoms with E-state index in [0.717, 1.165) is 0 Å². The third-order valence-electron chi connectivity index (χ3n) is 17.7. The smallest absolute Gasteiger partial charge is 0.201 e. The number of hydrogen-bond donors (Lipinski definition) is 10. The number of ketones is 4. The van der Waals surface area contributed by atoms with Crippen LogP contribution in [0.5, 0.6) is 69.0 Å². The summed E-state index contributed by atoms with van der Waals surface area (Å²) < 4.78 is 35.2. The molecule has 0 bridgehead atoms. The maximum absolute atomic E-state index is 15.7. The number of rotatable bonds is 9. The maximum atomic E-state index is 15.7. The molecule has 2 unspecified atom stereocenters. The van der Waals surface area contributed by atoms with Crippen molar-refractivity contribution in [3.8, 4) is 91.2 Å². The molecule has 0 saturated heterocycles. The van der Waals surface area contributed by atoms with Gasteiger partial charge in [-0.3, -0.25) is 19.2 Å². The van der Waals surface area contributed by atoms with Crippen LogP contribution in [0, 0.1) is 13.8 Å². The van der Waals surface area contributed by atoms with Crippen LogP contribution < -0.4 is 28.4 Å². The number of methoxy groups -OCH3 is 6. The van der Waals surface area contributed by atoms with Gasteiger partial charge in [0.2, 0.25) is 11.6 Å². The summed E-state index contributed by atoms with van der Waals surface area (Å²) in [6, 6.07) is 14.7. The Morgan fingerprint density at radius 2 is 0.733 bits per heavy atom. The number of carbonyl (C=O) groups is 4. The Balaban J connectivity index is 1.22. The second-order valence-electron chi connectivity index (χ2n) is 22.9. The van der Waals surface area contributed by atoms with Crippen molar-refractivity contribution in [2.75, 3.05) is 42.7 Å². The van der Waals surface area contributed by atoms with Crippen molar-refractivity contribution in [2.24, 2.45) is 0 Å². The molecule has 8 aromatic carbocycles. The number of aliphatic hydroxyl groups excluding tert-OH is 2. The third-order valence-corrected chi connectivity index (χ3v) is 17.7. The van der Waals surface area contributed by atoms with Crippen LogP contribution >= 0.6 is 0 Å². The van der Waals surface area contributed by atoms with Gasteiger partial charge in [0.25, 0.3) is 0 Å². The van der Waals surface area contributed by atoms with Gasteiger partial charge in [-0.15, -0.1) is 0 Å². The average Bonchev–Trinajstić information content (AvgIpc) is 0.758. The minimum atomic E-state index is -2.16. The Morgan fingerprint density at radius 3 is 1.06 bits per heavy atom. The number of hydrogen-bond acceptors (Lipinski definition) is 20. The van der Waals surface area contributed by atoms with E-state index in [1.165, 1.54) is 105 Å². The van der Waals surface area contributed by atoms with Crippen molar-refractivity contribution < 1.29 is 98.7 Å². The summed E-state index contributed by atoms with van der Waals surface area (Å²) in [4.78, 5) is 60.0. The van der Waals surface area contributed by atoms with Crippen LogP contribution in [0.2, 0.25) is 0 Å². The number of phenolic OH excluding ortho intramolecular Hbond substituents is 6. The van der Waals surface area contributed by atoms with Gasteiger partial charge in [0.15, 0.2) is 11.6 Å². The molecule has 0 aliphatic heterocycles. The Bertz CT molecular complexity index is 4160. The van der Waals surface area contributed by atoms with Crippen LogP contribution in [-0.4, -0.2) is 140 Å². The number of ether oxygens (including phenoxy) is 6. The van der Waals surface area contributed by atoms with Crippen LogP contribution in [0.3, 0.4) is 0 Å². The first-order chi connectivity index (χ1) is 40.7. The number of benzene rings is 8. The van der Waals surface area contributed by atoms with Crippen molar-refractivity contribution in [3.63, 3.8) is 0 Å². The summed E-state index contributed by atoms with van der Waals surface area (Å²) in [5.41, 5.74) is -6.07. The van der Waals surface area contributed by atoms with Gasteiger partial charge in [-0.25, -0.2) is 0 Å². The molecule has 4 aliphatic carbocycles. The minimum Gasteiger partial charge on any atom is -0.507 e. The number of aromatic hydroxyl groups is 6. The van der Waals surface area contributed by atoms with Crippen LogP contribution in [-0.2, 0) is 12.8 Å². The summed E-state index contributed by atoms with van der Waals surface area (Å²) in [6.45, 7) is 5.79. The summed E-state index contributed by atoms with van der Waals surface area (Å²) in [5.74, 6) is -10.4. The summed E-state index contributed by atoms with van der Waals surface area (Å²) >= 11 is 0. The molecule has 0 amide bonds. The van der Waals surface area contributed by atoms with Gasteiger partial charge in [0.1, 0.15) is 81.2 Å². The molecule has 86 heavy (non-hydrogen) atoms. The average molecular weight is 1170 g/mol. The summed E-state index contributed by atoms with van der Waals surface area (Å²) in [5, 5.41) is 121. The van der Waals surface area contributed by atoms with Gasteiger partial charge >= 0.3 is 0 Å². The Labute approximate surface area is 489 Å². The second-order valence-corrected chi connectivity index (χ2v) is 22.9. The fraction of sp³-hybridized carbons (Fsp3) is 0.273. The van der Waals surface area contributed by atoms with Crippen molar-refractivity contribution in [1.82, 2.24) is 0 Å². The predicted octanol–water partition coefficient (Wildman–Crippen LogP) is 7.98. The number of aryl methyl sites for hydroxylation is 2. The number of carbonyl (C=O) groups excluding carboxylic acids is 4. The molecule has 4 aliphatic rings. The first-order valence-corrected chi connectivity index (χ1v) is 27.1. The van der Waals surface area contributed by atoms with Gasteiger partial charge in [0, 0.05) is 58.7 Å². The second kappa shape index (κ2) is 19.5. The zero-order valence-corrected chi connectivity index (χ0v) is 48.1. The van der Waals surface area contributed by atoms with E-state index in [0.29, 0.717) is 11.1 Å². The lowest BCUT2D eigenvalue weighted by molar-refractivity contribution is -0.0492. The summed E-state index contributed by atoms with van der Waals surface area (Å²) in [6.07, 6.45) is -5.07. The SMILES string of the molecule is COc1cc(OC)c2c(O)c3c(c(-c4c(OC)cc5c(c4O)C(=O)c4c(O)cc(C)cc4C5C4c5cc(C)cc(O)c5C(=O)c5c4cc(OC)c(-c4c6c(c(O)c7c(OC)cc(OC)cc47)C(=O)[C@@H](O)[C@@](C)(O)C6)c5O)c2c1)C[C@](C)(O)[C@H](O)C3=O. The van der Waals surface area contributed by atoms with E-state index in [1.807, 2.05) is 0 Å². The fourth-order valence-electron chi connectivity index (χ4n) is 13.9. The highest BCUT2D eigenvalue weighted by atomic mass is 16.5. The lowest BCUT2D eigenvalue weighted by Crippen LogP contribution is -2.50. The predicted molar refractivity (Wildman–Crippen MR) is 310 cm³/mol. The van der Waals surface area contributed by atoms with Crippen molar-refractivity contribution in [3.05, 3.63) is 139 Å². The first kappa shape index (κ1) is 56.9. The standard InChI is InChI=1S/C66H58O20/c1-23-11-27-41(31-19-39(85-9)53(59(73)49(31)55(69)45(27)35(67)13-23)43-29-15-25(81-5)17-37(83-7)47(29)57(71)51-33(43)21-65(3,79)63(77)61(51)75)42-28-12-24(2)14-36(68)46(28)56(70)50-32(42)20-40(86-10)54(60(50)74)44-30-16-26(82-6)18-38(84-8)48(30)58(72)52-34(44)22-66(4,80)64(78)62(52)76/h11-20,41-42,63-64,67-68,71-74,77-80H,21-22H2,1-10H3/t41?,42?,63-,64-,65+,66+/m1/s1. The number of fused-ring (bicyclic) bond motifs is 8. The molecule has 8 aromatic rings. The summed E-state index contributed by atoms with van der Waals surface area (Å²) in [7, 11) is 7.89. The third kappa shape index (κ3) is 7.68. The minimum absolute atomic E-state index is 0.0102. The van der Waals surface area contributed by atoms with Gasteiger partial charge < -0.3 is 79.5 Å². The van der Waals surface area contributed by atoms with Gasteiger partial charge in [-0.1, -0.05) is 12.1 Å². The topological polar surface area (TPSA) is 326 Å². The highest BCUT2D eigenvalue weighted by Crippen LogP contribution is 2.63. The molecule has 0 fully saturated rings. The van der Waals surface area contributed by atoms with E-state index >= 15 is 9.59 Å². The number of Topliss-reactive ketones (excluding diaryl/α,β-unsaturated/α-hetero) is 2. The number of phenols is 6. The molecule has 20 nitrogen and oxygen atoms in total. The molecule has 12 rings (SSSR count). The Morgan fingerprint density at radius 1 is 0.395 bits per heavy atom. The normalized spacial score (nSPS) is 21.0. The van der Waals surface area contributed by atoms with E-state index in [1.54, 1.807) is 26.0 Å². The molecule has 0 radical (unpaired) electrons. The zero-order chi connectivity index (χ0) is 62.0. The van der Waals surface area contributed by atoms with Crippen molar-refractivity contribution in [2.45, 2.75) is 75.8 Å². The maximum Gasteiger partial charge on any atom is 0.201 e. The molecule has 0 heterocycles. The highest BCUT2D eigenvalue weighted by Gasteiger charge is 2.51. The molecule has 6 atom stereocenters. The Kier molecular flexibility index (Phi) is 12.9. The van der Waals surface area contributed by atoms with Gasteiger partial charge in [0.05, 0.1) is 109 Å². The molecular formula is C66H58O20.